The number of nitrogens with zero attached hydrogens (tertiary/aromatic N) is 2. The standard InChI is InChI=1S/C24H20N2O3S/c1-16-6-2-3-7-18(16)14-30-24-25-20-9-5-4-8-19(20)23(27)26(24)13-17-10-11-21-22(12-17)29-15-28-21/h2-12H,13-15H2,1H3. The van der Waals surface area contributed by atoms with Crippen molar-refractivity contribution in [1.29, 1.82) is 0 Å². The average molecular weight is 417 g/mol. The molecule has 30 heavy (non-hydrogen) atoms. The maximum Gasteiger partial charge on any atom is 0.262 e. The lowest BCUT2D eigenvalue weighted by atomic mass is 10.1. The highest BCUT2D eigenvalue weighted by molar-refractivity contribution is 7.98. The molecule has 0 aliphatic carbocycles. The Labute approximate surface area is 178 Å². The van der Waals surface area contributed by atoms with Gasteiger partial charge >= 0.3 is 0 Å². The Kier molecular flexibility index (Phi) is 4.93. The molecule has 5 rings (SSSR count). The number of hydrogen-bond donors (Lipinski definition) is 0. The van der Waals surface area contributed by atoms with Gasteiger partial charge in [-0.25, -0.2) is 4.98 Å². The van der Waals surface area contributed by atoms with E-state index >= 15 is 0 Å². The van der Waals surface area contributed by atoms with Crippen molar-refractivity contribution in [2.75, 3.05) is 6.79 Å². The van der Waals surface area contributed by atoms with E-state index in [-0.39, 0.29) is 12.4 Å². The van der Waals surface area contributed by atoms with Gasteiger partial charge in [0.05, 0.1) is 17.4 Å². The topological polar surface area (TPSA) is 53.4 Å². The molecule has 4 aromatic rings. The van der Waals surface area contributed by atoms with E-state index in [9.17, 15) is 4.79 Å². The zero-order chi connectivity index (χ0) is 20.5. The second-order valence-corrected chi connectivity index (χ2v) is 8.15. The molecule has 6 heteroatoms. The van der Waals surface area contributed by atoms with E-state index < -0.39 is 0 Å². The van der Waals surface area contributed by atoms with Crippen molar-refractivity contribution < 1.29 is 9.47 Å². The van der Waals surface area contributed by atoms with Gasteiger partial charge in [-0.3, -0.25) is 9.36 Å². The fourth-order valence-corrected chi connectivity index (χ4v) is 4.61. The summed E-state index contributed by atoms with van der Waals surface area (Å²) in [6, 6.07) is 21.6. The van der Waals surface area contributed by atoms with Crippen molar-refractivity contribution in [2.24, 2.45) is 0 Å². The zero-order valence-electron chi connectivity index (χ0n) is 16.5. The van der Waals surface area contributed by atoms with Crippen LogP contribution in [0.15, 0.2) is 76.7 Å². The van der Waals surface area contributed by atoms with E-state index in [2.05, 4.69) is 19.1 Å². The van der Waals surface area contributed by atoms with Crippen LogP contribution >= 0.6 is 11.8 Å². The quantitative estimate of drug-likeness (QED) is 0.346. The molecule has 5 nitrogen and oxygen atoms in total. The molecule has 1 aliphatic rings. The molecule has 0 atom stereocenters. The SMILES string of the molecule is Cc1ccccc1CSc1nc2ccccc2c(=O)n1Cc1ccc2c(c1)OCO2. The van der Waals surface area contributed by atoms with Crippen molar-refractivity contribution in [3.05, 3.63) is 93.8 Å². The molecule has 0 fully saturated rings. The molecule has 0 spiro atoms. The third kappa shape index (κ3) is 3.55. The third-order valence-corrected chi connectivity index (χ3v) is 6.25. The van der Waals surface area contributed by atoms with E-state index in [1.165, 1.54) is 11.1 Å². The van der Waals surface area contributed by atoms with Crippen molar-refractivity contribution in [3.63, 3.8) is 0 Å². The summed E-state index contributed by atoms with van der Waals surface area (Å²) in [6.45, 7) is 2.75. The fourth-order valence-electron chi connectivity index (χ4n) is 3.53. The third-order valence-electron chi connectivity index (χ3n) is 5.22. The van der Waals surface area contributed by atoms with Gasteiger partial charge in [-0.15, -0.1) is 0 Å². The maximum absolute atomic E-state index is 13.3. The van der Waals surface area contributed by atoms with Crippen molar-refractivity contribution in [3.8, 4) is 11.5 Å². The molecular formula is C24H20N2O3S. The van der Waals surface area contributed by atoms with Crippen LogP contribution in [-0.2, 0) is 12.3 Å². The van der Waals surface area contributed by atoms with Crippen LogP contribution in [-0.4, -0.2) is 16.3 Å². The van der Waals surface area contributed by atoms with Crippen LogP contribution in [0.25, 0.3) is 10.9 Å². The number of benzene rings is 3. The number of rotatable bonds is 5. The van der Waals surface area contributed by atoms with Crippen LogP contribution in [0.2, 0.25) is 0 Å². The Morgan fingerprint density at radius 1 is 1.00 bits per heavy atom. The lowest BCUT2D eigenvalue weighted by Crippen LogP contribution is -2.24. The molecule has 3 aromatic carbocycles. The first-order chi connectivity index (χ1) is 14.7. The molecule has 2 heterocycles. The first kappa shape index (κ1) is 18.8. The van der Waals surface area contributed by atoms with Crippen molar-refractivity contribution in [2.45, 2.75) is 24.4 Å². The highest BCUT2D eigenvalue weighted by Crippen LogP contribution is 2.33. The van der Waals surface area contributed by atoms with Gasteiger partial charge in [-0.2, -0.15) is 0 Å². The molecule has 1 aromatic heterocycles. The Hall–Kier alpha value is -3.25. The lowest BCUT2D eigenvalue weighted by molar-refractivity contribution is 0.174. The van der Waals surface area contributed by atoms with Gasteiger partial charge in [-0.05, 0) is 47.9 Å². The van der Waals surface area contributed by atoms with E-state index in [4.69, 9.17) is 14.5 Å². The molecule has 0 saturated carbocycles. The Bertz CT molecular complexity index is 1300. The highest BCUT2D eigenvalue weighted by atomic mass is 32.2. The smallest absolute Gasteiger partial charge is 0.262 e. The van der Waals surface area contributed by atoms with Crippen LogP contribution in [0.5, 0.6) is 11.5 Å². The summed E-state index contributed by atoms with van der Waals surface area (Å²) >= 11 is 1.58. The number of thioether (sulfide) groups is 1. The van der Waals surface area contributed by atoms with Crippen LogP contribution in [0.4, 0.5) is 0 Å². The number of fused-ring (bicyclic) bond motifs is 2. The summed E-state index contributed by atoms with van der Waals surface area (Å²) < 4.78 is 12.6. The second-order valence-electron chi connectivity index (χ2n) is 7.21. The Morgan fingerprint density at radius 3 is 2.70 bits per heavy atom. The second kappa shape index (κ2) is 7.88. The molecule has 0 bridgehead atoms. The van der Waals surface area contributed by atoms with E-state index in [1.54, 1.807) is 16.3 Å². The minimum Gasteiger partial charge on any atom is -0.454 e. The number of aromatic nitrogens is 2. The molecular weight excluding hydrogens is 396 g/mol. The predicted octanol–water partition coefficient (Wildman–Crippen LogP) is 4.77. The summed E-state index contributed by atoms with van der Waals surface area (Å²) in [4.78, 5) is 18.1. The van der Waals surface area contributed by atoms with Crippen LogP contribution in [0.1, 0.15) is 16.7 Å². The average Bonchev–Trinajstić information content (AvgIpc) is 3.23. The predicted molar refractivity (Wildman–Crippen MR) is 118 cm³/mol. The normalized spacial score (nSPS) is 12.4. The summed E-state index contributed by atoms with van der Waals surface area (Å²) in [5, 5.41) is 1.33. The van der Waals surface area contributed by atoms with Gasteiger partial charge < -0.3 is 9.47 Å². The summed E-state index contributed by atoms with van der Waals surface area (Å²) in [5.74, 6) is 2.19. The minimum atomic E-state index is -0.0365. The fraction of sp³-hybridized carbons (Fsp3) is 0.167. The number of ether oxygens (including phenoxy) is 2. The monoisotopic (exact) mass is 416 g/mol. The van der Waals surface area contributed by atoms with Crippen LogP contribution in [0, 0.1) is 6.92 Å². The van der Waals surface area contributed by atoms with Gasteiger partial charge in [0, 0.05) is 5.75 Å². The van der Waals surface area contributed by atoms with Gasteiger partial charge in [0.1, 0.15) is 0 Å². The highest BCUT2D eigenvalue weighted by Gasteiger charge is 2.16. The number of para-hydroxylation sites is 1. The molecule has 150 valence electrons. The molecule has 0 saturated heterocycles. The van der Waals surface area contributed by atoms with Gasteiger partial charge in [-0.1, -0.05) is 54.2 Å². The van der Waals surface area contributed by atoms with E-state index in [0.29, 0.717) is 22.8 Å². The number of hydrogen-bond acceptors (Lipinski definition) is 5. The van der Waals surface area contributed by atoms with Crippen molar-refractivity contribution in [1.82, 2.24) is 9.55 Å². The molecule has 1 aliphatic heterocycles. The van der Waals surface area contributed by atoms with Crippen LogP contribution in [0.3, 0.4) is 0 Å². The molecule has 0 unspecified atom stereocenters. The lowest BCUT2D eigenvalue weighted by Gasteiger charge is -2.14. The van der Waals surface area contributed by atoms with Crippen LogP contribution < -0.4 is 15.0 Å². The summed E-state index contributed by atoms with van der Waals surface area (Å²) in [7, 11) is 0. The molecule has 0 N–H and O–H groups in total. The van der Waals surface area contributed by atoms with Gasteiger partial charge in [0.15, 0.2) is 16.7 Å². The Balaban J connectivity index is 1.54. The van der Waals surface area contributed by atoms with E-state index in [0.717, 1.165) is 22.6 Å². The molecule has 0 radical (unpaired) electrons. The summed E-state index contributed by atoms with van der Waals surface area (Å²) in [5.41, 5.74) is 4.12. The first-order valence-corrected chi connectivity index (χ1v) is 10.7. The first-order valence-electron chi connectivity index (χ1n) is 9.74. The Morgan fingerprint density at radius 2 is 1.80 bits per heavy atom. The largest absolute Gasteiger partial charge is 0.454 e. The minimum absolute atomic E-state index is 0.0365. The molecule has 0 amide bonds. The van der Waals surface area contributed by atoms with Gasteiger partial charge in [0.25, 0.3) is 5.56 Å². The summed E-state index contributed by atoms with van der Waals surface area (Å²) in [6.07, 6.45) is 0. The maximum atomic E-state index is 13.3. The van der Waals surface area contributed by atoms with Crippen molar-refractivity contribution >= 4 is 22.7 Å². The number of aryl methyl sites for hydroxylation is 1. The van der Waals surface area contributed by atoms with E-state index in [1.807, 2.05) is 54.6 Å². The zero-order valence-corrected chi connectivity index (χ0v) is 17.3. The van der Waals surface area contributed by atoms with Gasteiger partial charge in [0.2, 0.25) is 6.79 Å².